The van der Waals surface area contributed by atoms with Gasteiger partial charge in [-0.15, -0.1) is 0 Å². The number of H-pyrrole nitrogens is 1. The van der Waals surface area contributed by atoms with E-state index in [-0.39, 0.29) is 5.92 Å². The fourth-order valence-electron chi connectivity index (χ4n) is 3.70. The minimum atomic E-state index is -4.32. The number of carbonyl (C=O) groups is 1. The van der Waals surface area contributed by atoms with E-state index >= 15 is 0 Å². The molecule has 1 unspecified atom stereocenters. The summed E-state index contributed by atoms with van der Waals surface area (Å²) >= 11 is 0. The Balaban J connectivity index is 1.46. The van der Waals surface area contributed by atoms with Crippen molar-refractivity contribution in [1.29, 1.82) is 0 Å². The second-order valence-electron chi connectivity index (χ2n) is 7.10. The average molecular weight is 388 g/mol. The molecule has 1 aromatic heterocycles. The van der Waals surface area contributed by atoms with E-state index < -0.39 is 17.6 Å². The van der Waals surface area contributed by atoms with Crippen molar-refractivity contribution in [2.75, 3.05) is 13.1 Å². The number of aromatic amines is 1. The molecule has 0 aliphatic carbocycles. The fraction of sp³-hybridized carbons (Fsp3) is 0.300. The van der Waals surface area contributed by atoms with Crippen LogP contribution in [0.4, 0.5) is 13.2 Å². The number of aromatic nitrogens is 2. The van der Waals surface area contributed by atoms with E-state index in [4.69, 9.17) is 5.73 Å². The molecule has 2 heterocycles. The zero-order valence-electron chi connectivity index (χ0n) is 15.0. The Morgan fingerprint density at radius 2 is 1.96 bits per heavy atom. The molecule has 1 fully saturated rings. The smallest absolute Gasteiger partial charge is 0.366 e. The third-order valence-corrected chi connectivity index (χ3v) is 5.14. The van der Waals surface area contributed by atoms with Gasteiger partial charge in [0.1, 0.15) is 11.3 Å². The van der Waals surface area contributed by atoms with E-state index in [1.807, 2.05) is 6.07 Å². The zero-order valence-corrected chi connectivity index (χ0v) is 15.0. The third kappa shape index (κ3) is 3.60. The Hall–Kier alpha value is -2.87. The van der Waals surface area contributed by atoms with Crippen LogP contribution in [-0.2, 0) is 12.7 Å². The summed E-state index contributed by atoms with van der Waals surface area (Å²) in [6, 6.07) is 10.6. The van der Waals surface area contributed by atoms with Gasteiger partial charge >= 0.3 is 6.18 Å². The lowest BCUT2D eigenvalue weighted by Gasteiger charge is -2.16. The maximum atomic E-state index is 12.7. The topological polar surface area (TPSA) is 75.0 Å². The van der Waals surface area contributed by atoms with Crippen LogP contribution in [0.2, 0.25) is 0 Å². The van der Waals surface area contributed by atoms with E-state index in [1.54, 1.807) is 12.1 Å². The molecule has 0 spiro atoms. The molecule has 0 radical (unpaired) electrons. The quantitative estimate of drug-likeness (QED) is 0.716. The van der Waals surface area contributed by atoms with Crippen LogP contribution in [0, 0.1) is 0 Å². The van der Waals surface area contributed by atoms with Crippen LogP contribution in [0.1, 0.15) is 39.6 Å². The number of para-hydroxylation sites is 1. The first-order valence-electron chi connectivity index (χ1n) is 8.98. The molecule has 3 aromatic rings. The number of halogens is 3. The van der Waals surface area contributed by atoms with Crippen LogP contribution in [0.25, 0.3) is 11.0 Å². The first-order chi connectivity index (χ1) is 13.3. The largest absolute Gasteiger partial charge is 0.416 e. The average Bonchev–Trinajstić information content (AvgIpc) is 3.27. The van der Waals surface area contributed by atoms with Crippen molar-refractivity contribution in [1.82, 2.24) is 14.9 Å². The number of amides is 1. The number of benzene rings is 2. The van der Waals surface area contributed by atoms with Gasteiger partial charge in [-0.25, -0.2) is 4.98 Å². The number of nitrogens with one attached hydrogen (secondary N) is 1. The van der Waals surface area contributed by atoms with E-state index in [1.165, 1.54) is 12.1 Å². The summed E-state index contributed by atoms with van der Waals surface area (Å²) in [7, 11) is 0. The first-order valence-corrected chi connectivity index (χ1v) is 8.98. The van der Waals surface area contributed by atoms with Crippen molar-refractivity contribution in [2.24, 2.45) is 5.73 Å². The highest BCUT2D eigenvalue weighted by atomic mass is 19.4. The number of imidazole rings is 1. The highest BCUT2D eigenvalue weighted by Gasteiger charge is 2.30. The van der Waals surface area contributed by atoms with Crippen LogP contribution in [-0.4, -0.2) is 33.9 Å². The van der Waals surface area contributed by atoms with Crippen LogP contribution >= 0.6 is 0 Å². The molecule has 2 aromatic carbocycles. The molecule has 146 valence electrons. The summed E-state index contributed by atoms with van der Waals surface area (Å²) in [5, 5.41) is 0. The van der Waals surface area contributed by atoms with Gasteiger partial charge in [0.05, 0.1) is 16.6 Å². The van der Waals surface area contributed by atoms with Crippen molar-refractivity contribution in [2.45, 2.75) is 25.1 Å². The third-order valence-electron chi connectivity index (χ3n) is 5.14. The molecule has 1 atom stereocenters. The predicted molar refractivity (Wildman–Crippen MR) is 98.7 cm³/mol. The lowest BCUT2D eigenvalue weighted by molar-refractivity contribution is -0.137. The molecule has 1 aliphatic rings. The summed E-state index contributed by atoms with van der Waals surface area (Å²) in [5.74, 6) is 0.459. The molecule has 1 saturated heterocycles. The molecule has 5 nitrogen and oxygen atoms in total. The minimum Gasteiger partial charge on any atom is -0.366 e. The van der Waals surface area contributed by atoms with Crippen molar-refractivity contribution in [3.8, 4) is 0 Å². The lowest BCUT2D eigenvalue weighted by atomic mass is 10.1. The number of carbonyl (C=O) groups excluding carboxylic acids is 1. The van der Waals surface area contributed by atoms with Crippen LogP contribution in [0.3, 0.4) is 0 Å². The van der Waals surface area contributed by atoms with E-state index in [0.29, 0.717) is 17.6 Å². The highest BCUT2D eigenvalue weighted by molar-refractivity contribution is 6.04. The Labute approximate surface area is 159 Å². The molecular weight excluding hydrogens is 369 g/mol. The number of hydrogen-bond donors (Lipinski definition) is 2. The summed E-state index contributed by atoms with van der Waals surface area (Å²) in [6.45, 7) is 2.15. The van der Waals surface area contributed by atoms with Gasteiger partial charge in [-0.05, 0) is 42.8 Å². The summed E-state index contributed by atoms with van der Waals surface area (Å²) in [4.78, 5) is 21.6. The van der Waals surface area contributed by atoms with Crippen molar-refractivity contribution < 1.29 is 18.0 Å². The number of hydrogen-bond acceptors (Lipinski definition) is 3. The SMILES string of the molecule is NC(=O)c1cccc2[nH]c(C3CCN(Cc4ccc(C(F)(F)F)cc4)C3)nc12. The predicted octanol–water partition coefficient (Wildman–Crippen LogP) is 3.67. The molecule has 0 bridgehead atoms. The van der Waals surface area contributed by atoms with E-state index in [9.17, 15) is 18.0 Å². The summed E-state index contributed by atoms with van der Waals surface area (Å²) in [6.07, 6.45) is -3.44. The first kappa shape index (κ1) is 18.5. The number of primary amides is 1. The molecule has 3 N–H and O–H groups in total. The molecule has 1 amide bonds. The number of rotatable bonds is 4. The standard InChI is InChI=1S/C20H19F3N4O/c21-20(22,23)14-6-4-12(5-7-14)10-27-9-8-13(11-27)19-25-16-3-1-2-15(18(24)28)17(16)26-19/h1-7,13H,8-11H2,(H2,24,28)(H,25,26). The highest BCUT2D eigenvalue weighted by Crippen LogP contribution is 2.31. The van der Waals surface area contributed by atoms with Gasteiger partial charge < -0.3 is 10.7 Å². The molecule has 4 rings (SSSR count). The van der Waals surface area contributed by atoms with Gasteiger partial charge in [-0.1, -0.05) is 18.2 Å². The normalized spacial score (nSPS) is 18.0. The molecule has 0 saturated carbocycles. The van der Waals surface area contributed by atoms with Gasteiger partial charge in [0.15, 0.2) is 0 Å². The molecule has 1 aliphatic heterocycles. The van der Waals surface area contributed by atoms with Crippen molar-refractivity contribution >= 4 is 16.9 Å². The maximum absolute atomic E-state index is 12.7. The number of likely N-dealkylation sites (tertiary alicyclic amines) is 1. The minimum absolute atomic E-state index is 0.169. The van der Waals surface area contributed by atoms with Crippen LogP contribution < -0.4 is 5.73 Å². The number of nitrogens with two attached hydrogens (primary N) is 1. The summed E-state index contributed by atoms with van der Waals surface area (Å²) < 4.78 is 38.0. The molecule has 8 heteroatoms. The Morgan fingerprint density at radius 3 is 2.64 bits per heavy atom. The fourth-order valence-corrected chi connectivity index (χ4v) is 3.70. The van der Waals surface area contributed by atoms with E-state index in [0.717, 1.165) is 48.5 Å². The molecular formula is C20H19F3N4O. The summed E-state index contributed by atoms with van der Waals surface area (Å²) in [5.41, 5.74) is 7.36. The number of fused-ring (bicyclic) bond motifs is 1. The molecule has 28 heavy (non-hydrogen) atoms. The monoisotopic (exact) mass is 388 g/mol. The van der Waals surface area contributed by atoms with Gasteiger partial charge in [0.2, 0.25) is 0 Å². The number of nitrogens with zero attached hydrogens (tertiary/aromatic N) is 2. The van der Waals surface area contributed by atoms with Crippen molar-refractivity contribution in [3.63, 3.8) is 0 Å². The Bertz CT molecular complexity index is 1010. The van der Waals surface area contributed by atoms with Gasteiger partial charge in [-0.2, -0.15) is 13.2 Å². The maximum Gasteiger partial charge on any atom is 0.416 e. The van der Waals surface area contributed by atoms with Crippen molar-refractivity contribution in [3.05, 3.63) is 65.0 Å². The lowest BCUT2D eigenvalue weighted by Crippen LogP contribution is -2.20. The van der Waals surface area contributed by atoms with Gasteiger partial charge in [0.25, 0.3) is 5.91 Å². The van der Waals surface area contributed by atoms with Gasteiger partial charge in [-0.3, -0.25) is 9.69 Å². The number of alkyl halides is 3. The Morgan fingerprint density at radius 1 is 1.21 bits per heavy atom. The van der Waals surface area contributed by atoms with Crippen LogP contribution in [0.15, 0.2) is 42.5 Å². The Kier molecular flexibility index (Phi) is 4.58. The van der Waals surface area contributed by atoms with E-state index in [2.05, 4.69) is 14.9 Å². The van der Waals surface area contributed by atoms with Gasteiger partial charge in [0, 0.05) is 19.0 Å². The second kappa shape index (κ2) is 6.94. The van der Waals surface area contributed by atoms with Crippen LogP contribution in [0.5, 0.6) is 0 Å². The second-order valence-corrected chi connectivity index (χ2v) is 7.10. The zero-order chi connectivity index (χ0) is 19.9.